The Balaban J connectivity index is 1.60. The number of hydrazine groups is 1. The van der Waals surface area contributed by atoms with E-state index in [1.807, 2.05) is 0 Å². The van der Waals surface area contributed by atoms with Crippen LogP contribution >= 0.6 is 0 Å². The summed E-state index contributed by atoms with van der Waals surface area (Å²) in [6.45, 7) is 0.860. The van der Waals surface area contributed by atoms with Gasteiger partial charge in [-0.1, -0.05) is 24.3 Å². The van der Waals surface area contributed by atoms with Crippen LogP contribution in [0.3, 0.4) is 0 Å². The molecular weight excluding hydrogens is 469 g/mol. The van der Waals surface area contributed by atoms with Crippen molar-refractivity contribution in [3.05, 3.63) is 65.5 Å². The number of phenolic OH excluding ortho intramolecular Hbond substituents is 1. The number of urea groups is 1. The van der Waals surface area contributed by atoms with Gasteiger partial charge in [0.1, 0.15) is 23.8 Å². The molecule has 4 rings (SSSR count). The Hall–Kier alpha value is -3.70. The zero-order valence-electron chi connectivity index (χ0n) is 20.3. The highest BCUT2D eigenvalue weighted by Gasteiger charge is 2.50. The SMILES string of the molecule is COCCN1C[C@H]2N(C(=O)CN(C)N2C(=O)NCc2ccc(F)cc2)C(Cc2ccc(O)cc2)C1=O. The predicted molar refractivity (Wildman–Crippen MR) is 128 cm³/mol. The van der Waals surface area contributed by atoms with Crippen LogP contribution in [0.4, 0.5) is 9.18 Å². The minimum absolute atomic E-state index is 0.0715. The zero-order valence-corrected chi connectivity index (χ0v) is 20.3. The summed E-state index contributed by atoms with van der Waals surface area (Å²) in [5, 5.41) is 15.5. The molecule has 11 heteroatoms. The lowest BCUT2D eigenvalue weighted by atomic mass is 9.99. The number of methoxy groups -OCH3 is 1. The van der Waals surface area contributed by atoms with Crippen molar-refractivity contribution in [2.45, 2.75) is 25.2 Å². The first-order chi connectivity index (χ1) is 17.3. The predicted octanol–water partition coefficient (Wildman–Crippen LogP) is 1.16. The van der Waals surface area contributed by atoms with Crippen LogP contribution in [-0.4, -0.2) is 95.4 Å². The summed E-state index contributed by atoms with van der Waals surface area (Å²) in [6, 6.07) is 11.0. The van der Waals surface area contributed by atoms with Crippen LogP contribution in [0.5, 0.6) is 5.75 Å². The Labute approximate surface area is 208 Å². The number of fused-ring (bicyclic) bond motifs is 1. The molecule has 0 radical (unpaired) electrons. The fourth-order valence-electron chi connectivity index (χ4n) is 4.62. The second-order valence-corrected chi connectivity index (χ2v) is 8.89. The number of amides is 4. The monoisotopic (exact) mass is 499 g/mol. The molecule has 10 nitrogen and oxygen atoms in total. The molecule has 4 amide bonds. The first kappa shape index (κ1) is 25.4. The number of hydrogen-bond acceptors (Lipinski definition) is 6. The molecule has 2 atom stereocenters. The molecule has 192 valence electrons. The summed E-state index contributed by atoms with van der Waals surface area (Å²) < 4.78 is 18.4. The molecule has 1 unspecified atom stereocenters. The van der Waals surface area contributed by atoms with E-state index in [9.17, 15) is 23.9 Å². The number of ether oxygens (including phenoxy) is 1. The molecule has 0 saturated carbocycles. The summed E-state index contributed by atoms with van der Waals surface area (Å²) >= 11 is 0. The van der Waals surface area contributed by atoms with E-state index in [1.165, 1.54) is 34.2 Å². The maximum absolute atomic E-state index is 13.5. The number of nitrogens with zero attached hydrogens (tertiary/aromatic N) is 4. The molecule has 0 spiro atoms. The fourth-order valence-corrected chi connectivity index (χ4v) is 4.62. The van der Waals surface area contributed by atoms with Gasteiger partial charge in [0.05, 0.1) is 19.7 Å². The number of nitrogens with one attached hydrogen (secondary N) is 1. The molecule has 2 N–H and O–H groups in total. The molecule has 2 aliphatic heterocycles. The number of benzene rings is 2. The molecule has 36 heavy (non-hydrogen) atoms. The first-order valence-corrected chi connectivity index (χ1v) is 11.7. The Bertz CT molecular complexity index is 1100. The highest BCUT2D eigenvalue weighted by molar-refractivity contribution is 5.91. The maximum atomic E-state index is 13.5. The molecule has 0 aliphatic carbocycles. The summed E-state index contributed by atoms with van der Waals surface area (Å²) in [6.07, 6.45) is -0.485. The molecule has 2 aromatic rings. The fraction of sp³-hybridized carbons (Fsp3) is 0.400. The van der Waals surface area contributed by atoms with Crippen LogP contribution in [0.1, 0.15) is 11.1 Å². The van der Waals surface area contributed by atoms with Gasteiger partial charge < -0.3 is 25.0 Å². The van der Waals surface area contributed by atoms with E-state index in [1.54, 1.807) is 48.3 Å². The third-order valence-corrected chi connectivity index (χ3v) is 6.44. The number of rotatable bonds is 7. The van der Waals surface area contributed by atoms with Crippen molar-refractivity contribution in [2.75, 3.05) is 40.4 Å². The standard InChI is InChI=1S/C25H30FN5O5/c1-28-16-23(33)30-21(13-17-5-9-20(32)10-6-17)24(34)29(11-12-36-2)15-22(30)31(28)25(35)27-14-18-3-7-19(26)8-4-18/h3-10,21-22,32H,11-16H2,1-2H3,(H,27,35)/t21?,22-/m0/s1. The van der Waals surface area contributed by atoms with Gasteiger partial charge in [0.25, 0.3) is 0 Å². The van der Waals surface area contributed by atoms with Crippen LogP contribution < -0.4 is 5.32 Å². The lowest BCUT2D eigenvalue weighted by Gasteiger charge is -2.54. The third kappa shape index (κ3) is 5.42. The number of carbonyl (C=O) groups is 3. The minimum atomic E-state index is -0.821. The average molecular weight is 500 g/mol. The van der Waals surface area contributed by atoms with Gasteiger partial charge in [0, 0.05) is 33.7 Å². The van der Waals surface area contributed by atoms with Gasteiger partial charge in [0.2, 0.25) is 11.8 Å². The molecule has 2 fully saturated rings. The van der Waals surface area contributed by atoms with Crippen molar-refractivity contribution < 1.29 is 28.6 Å². The lowest BCUT2D eigenvalue weighted by molar-refractivity contribution is -0.187. The van der Waals surface area contributed by atoms with Gasteiger partial charge in [0.15, 0.2) is 0 Å². The topological polar surface area (TPSA) is 106 Å². The quantitative estimate of drug-likeness (QED) is 0.593. The van der Waals surface area contributed by atoms with E-state index < -0.39 is 18.2 Å². The normalized spacial score (nSPS) is 20.5. The summed E-state index contributed by atoms with van der Waals surface area (Å²) in [5.41, 5.74) is 1.50. The Kier molecular flexibility index (Phi) is 7.70. The van der Waals surface area contributed by atoms with E-state index in [2.05, 4.69) is 5.32 Å². The minimum Gasteiger partial charge on any atom is -0.508 e. The van der Waals surface area contributed by atoms with Crippen LogP contribution in [0.2, 0.25) is 0 Å². The van der Waals surface area contributed by atoms with Crippen LogP contribution in [-0.2, 0) is 27.3 Å². The lowest BCUT2D eigenvalue weighted by Crippen LogP contribution is -2.76. The Morgan fingerprint density at radius 1 is 1.11 bits per heavy atom. The second kappa shape index (κ2) is 10.9. The molecule has 2 saturated heterocycles. The summed E-state index contributed by atoms with van der Waals surface area (Å²) in [7, 11) is 3.19. The molecule has 2 aromatic carbocycles. The summed E-state index contributed by atoms with van der Waals surface area (Å²) in [4.78, 5) is 43.1. The molecular formula is C25H30FN5O5. The molecule has 0 aromatic heterocycles. The van der Waals surface area contributed by atoms with Gasteiger partial charge in [-0.2, -0.15) is 0 Å². The third-order valence-electron chi connectivity index (χ3n) is 6.44. The van der Waals surface area contributed by atoms with Crippen molar-refractivity contribution in [1.82, 2.24) is 25.1 Å². The van der Waals surface area contributed by atoms with E-state index >= 15 is 0 Å². The van der Waals surface area contributed by atoms with E-state index in [-0.39, 0.29) is 49.4 Å². The van der Waals surface area contributed by atoms with Gasteiger partial charge in [-0.05, 0) is 35.4 Å². The van der Waals surface area contributed by atoms with Crippen LogP contribution in [0.25, 0.3) is 0 Å². The highest BCUT2D eigenvalue weighted by Crippen LogP contribution is 2.28. The van der Waals surface area contributed by atoms with Crippen LogP contribution in [0, 0.1) is 5.82 Å². The van der Waals surface area contributed by atoms with Gasteiger partial charge in [-0.3, -0.25) is 9.59 Å². The number of halogens is 1. The van der Waals surface area contributed by atoms with Crippen molar-refractivity contribution in [3.8, 4) is 5.75 Å². The number of aromatic hydroxyl groups is 1. The van der Waals surface area contributed by atoms with Crippen molar-refractivity contribution in [2.24, 2.45) is 0 Å². The van der Waals surface area contributed by atoms with Gasteiger partial charge in [-0.15, -0.1) is 0 Å². The highest BCUT2D eigenvalue weighted by atomic mass is 19.1. The second-order valence-electron chi connectivity index (χ2n) is 8.89. The first-order valence-electron chi connectivity index (χ1n) is 11.7. The number of likely N-dealkylation sites (N-methyl/N-ethyl adjacent to an activating group) is 1. The van der Waals surface area contributed by atoms with E-state index in [0.717, 1.165) is 11.1 Å². The van der Waals surface area contributed by atoms with E-state index in [4.69, 9.17) is 4.74 Å². The number of hydrogen-bond donors (Lipinski definition) is 2. The summed E-state index contributed by atoms with van der Waals surface area (Å²) in [5.74, 6) is -0.736. The number of piperazine rings is 1. The van der Waals surface area contributed by atoms with Crippen molar-refractivity contribution in [1.29, 1.82) is 0 Å². The number of carbonyl (C=O) groups excluding carboxylic acids is 3. The maximum Gasteiger partial charge on any atom is 0.334 e. The smallest absolute Gasteiger partial charge is 0.334 e. The van der Waals surface area contributed by atoms with Crippen molar-refractivity contribution >= 4 is 17.8 Å². The zero-order chi connectivity index (χ0) is 25.8. The van der Waals surface area contributed by atoms with E-state index in [0.29, 0.717) is 13.2 Å². The Morgan fingerprint density at radius 3 is 2.44 bits per heavy atom. The number of phenols is 1. The van der Waals surface area contributed by atoms with Crippen molar-refractivity contribution in [3.63, 3.8) is 0 Å². The van der Waals surface area contributed by atoms with Gasteiger partial charge >= 0.3 is 6.03 Å². The Morgan fingerprint density at radius 2 is 1.78 bits per heavy atom. The largest absolute Gasteiger partial charge is 0.508 e. The average Bonchev–Trinajstić information content (AvgIpc) is 2.85. The molecule has 2 heterocycles. The van der Waals surface area contributed by atoms with Gasteiger partial charge in [-0.25, -0.2) is 19.2 Å². The molecule has 0 bridgehead atoms. The molecule has 2 aliphatic rings. The van der Waals surface area contributed by atoms with Crippen LogP contribution in [0.15, 0.2) is 48.5 Å².